The molecule has 226 valence electrons. The standard InChI is InChI=1S/C31H35FN6O5/c1-17(2)28-36-26(37-43-28)20-10-12-38(13-11-20)27-23-15-21(32)14-22(25(23)33-16-34-27)18-6-8-19(9-7-18)24(29(39)40)35-30(41)42-31(3,4)5/h6-9,14-17,20,24H,10-13H2,1-5H3,(H,35,41)(H,39,40). The highest BCUT2D eigenvalue weighted by atomic mass is 19.1. The van der Waals surface area contributed by atoms with Crippen LogP contribution in [-0.4, -0.2) is 56.0 Å². The van der Waals surface area contributed by atoms with Crippen LogP contribution in [0.1, 0.15) is 82.6 Å². The van der Waals surface area contributed by atoms with Gasteiger partial charge in [0.2, 0.25) is 5.89 Å². The summed E-state index contributed by atoms with van der Waals surface area (Å²) >= 11 is 0. The van der Waals surface area contributed by atoms with Crippen molar-refractivity contribution in [2.45, 2.75) is 70.9 Å². The summed E-state index contributed by atoms with van der Waals surface area (Å²) in [5.74, 6) is 0.653. The molecular weight excluding hydrogens is 555 g/mol. The number of amides is 1. The Kier molecular flexibility index (Phi) is 8.30. The lowest BCUT2D eigenvalue weighted by Crippen LogP contribution is -2.38. The highest BCUT2D eigenvalue weighted by Gasteiger charge is 2.28. The number of carbonyl (C=O) groups is 2. The van der Waals surface area contributed by atoms with Crippen molar-refractivity contribution in [3.63, 3.8) is 0 Å². The minimum Gasteiger partial charge on any atom is -0.479 e. The summed E-state index contributed by atoms with van der Waals surface area (Å²) in [6.45, 7) is 10.5. The number of alkyl carbamates (subject to hydrolysis) is 1. The van der Waals surface area contributed by atoms with E-state index in [4.69, 9.17) is 9.26 Å². The lowest BCUT2D eigenvalue weighted by atomic mass is 9.95. The Balaban J connectivity index is 1.38. The van der Waals surface area contributed by atoms with E-state index in [0.29, 0.717) is 52.4 Å². The van der Waals surface area contributed by atoms with Crippen LogP contribution < -0.4 is 10.2 Å². The number of carboxylic acids is 1. The molecule has 2 N–H and O–H groups in total. The predicted octanol–water partition coefficient (Wildman–Crippen LogP) is 5.98. The summed E-state index contributed by atoms with van der Waals surface area (Å²) in [6.07, 6.45) is 2.23. The first-order valence-corrected chi connectivity index (χ1v) is 14.2. The van der Waals surface area contributed by atoms with Crippen molar-refractivity contribution in [3.05, 3.63) is 65.8 Å². The summed E-state index contributed by atoms with van der Waals surface area (Å²) in [7, 11) is 0. The predicted molar refractivity (Wildman–Crippen MR) is 157 cm³/mol. The number of aromatic nitrogens is 4. The third-order valence-electron chi connectivity index (χ3n) is 7.26. The highest BCUT2D eigenvalue weighted by Crippen LogP contribution is 2.36. The number of piperidine rings is 1. The molecule has 3 heterocycles. The van der Waals surface area contributed by atoms with E-state index < -0.39 is 29.5 Å². The maximum atomic E-state index is 15.0. The molecule has 0 aliphatic carbocycles. The fourth-order valence-corrected chi connectivity index (χ4v) is 5.16. The Morgan fingerprint density at radius 1 is 1.12 bits per heavy atom. The highest BCUT2D eigenvalue weighted by molar-refractivity contribution is 5.99. The van der Waals surface area contributed by atoms with Crippen LogP contribution in [0.4, 0.5) is 15.0 Å². The molecule has 2 aromatic heterocycles. The van der Waals surface area contributed by atoms with Gasteiger partial charge >= 0.3 is 12.1 Å². The second kappa shape index (κ2) is 11.9. The zero-order valence-corrected chi connectivity index (χ0v) is 24.8. The lowest BCUT2D eigenvalue weighted by Gasteiger charge is -2.32. The van der Waals surface area contributed by atoms with Gasteiger partial charge in [-0.25, -0.2) is 23.9 Å². The molecule has 1 saturated heterocycles. The number of anilines is 1. The van der Waals surface area contributed by atoms with E-state index in [1.807, 2.05) is 13.8 Å². The summed E-state index contributed by atoms with van der Waals surface area (Å²) in [4.78, 5) is 39.9. The molecule has 4 aromatic rings. The lowest BCUT2D eigenvalue weighted by molar-refractivity contribution is -0.139. The van der Waals surface area contributed by atoms with Crippen molar-refractivity contribution in [2.75, 3.05) is 18.0 Å². The number of hydrogen-bond acceptors (Lipinski definition) is 9. The third-order valence-corrected chi connectivity index (χ3v) is 7.26. The zero-order chi connectivity index (χ0) is 30.9. The fourth-order valence-electron chi connectivity index (χ4n) is 5.16. The molecule has 0 bridgehead atoms. The molecule has 11 nitrogen and oxygen atoms in total. The average molecular weight is 591 g/mol. The monoisotopic (exact) mass is 590 g/mol. The molecule has 1 amide bonds. The second-order valence-electron chi connectivity index (χ2n) is 12.0. The SMILES string of the molecule is CC(C)c1nc(C2CCN(c3ncnc4c(-c5ccc(C(NC(=O)OC(C)(C)C)C(=O)O)cc5)cc(F)cc34)CC2)no1. The molecule has 1 atom stereocenters. The van der Waals surface area contributed by atoms with Crippen LogP contribution in [-0.2, 0) is 9.53 Å². The normalized spacial score (nSPS) is 15.1. The molecule has 43 heavy (non-hydrogen) atoms. The number of benzene rings is 2. The van der Waals surface area contributed by atoms with Gasteiger partial charge in [-0.1, -0.05) is 43.3 Å². The van der Waals surface area contributed by atoms with Gasteiger partial charge in [-0.2, -0.15) is 4.98 Å². The molecule has 1 unspecified atom stereocenters. The van der Waals surface area contributed by atoms with Gasteiger partial charge < -0.3 is 24.6 Å². The van der Waals surface area contributed by atoms with Crippen molar-refractivity contribution < 1.29 is 28.3 Å². The molecule has 0 saturated carbocycles. The van der Waals surface area contributed by atoms with Gasteiger partial charge in [-0.05, 0) is 56.9 Å². The maximum Gasteiger partial charge on any atom is 0.408 e. The number of carboxylic acid groups (broad SMARTS) is 1. The van der Waals surface area contributed by atoms with E-state index in [1.165, 1.54) is 18.5 Å². The Morgan fingerprint density at radius 3 is 2.42 bits per heavy atom. The Labute approximate surface area is 248 Å². The fraction of sp³-hybridized carbons (Fsp3) is 0.419. The molecule has 0 radical (unpaired) electrons. The number of halogens is 1. The van der Waals surface area contributed by atoms with Gasteiger partial charge in [-0.15, -0.1) is 0 Å². The van der Waals surface area contributed by atoms with Gasteiger partial charge in [0, 0.05) is 35.9 Å². The van der Waals surface area contributed by atoms with E-state index in [1.54, 1.807) is 45.0 Å². The largest absolute Gasteiger partial charge is 0.479 e. The third kappa shape index (κ3) is 6.73. The van der Waals surface area contributed by atoms with Gasteiger partial charge in [-0.3, -0.25) is 0 Å². The van der Waals surface area contributed by atoms with Crippen molar-refractivity contribution in [3.8, 4) is 11.1 Å². The molecule has 5 rings (SSSR count). The van der Waals surface area contributed by atoms with Gasteiger partial charge in [0.05, 0.1) is 5.52 Å². The molecule has 1 aliphatic rings. The summed E-state index contributed by atoms with van der Waals surface area (Å²) in [5, 5.41) is 16.9. The van der Waals surface area contributed by atoms with Crippen molar-refractivity contribution >= 4 is 28.8 Å². The number of ether oxygens (including phenoxy) is 1. The number of hydrogen-bond donors (Lipinski definition) is 2. The maximum absolute atomic E-state index is 15.0. The first kappa shape index (κ1) is 29.9. The Hall–Kier alpha value is -4.61. The summed E-state index contributed by atoms with van der Waals surface area (Å²) < 4.78 is 25.6. The Morgan fingerprint density at radius 2 is 1.81 bits per heavy atom. The van der Waals surface area contributed by atoms with Gasteiger partial charge in [0.15, 0.2) is 11.9 Å². The van der Waals surface area contributed by atoms with Crippen LogP contribution in [0.2, 0.25) is 0 Å². The minimum atomic E-state index is -1.32. The van der Waals surface area contributed by atoms with Crippen molar-refractivity contribution in [1.29, 1.82) is 0 Å². The zero-order valence-electron chi connectivity index (χ0n) is 24.8. The number of carbonyl (C=O) groups excluding carboxylic acids is 1. The van der Waals surface area contributed by atoms with E-state index in [-0.39, 0.29) is 11.8 Å². The van der Waals surface area contributed by atoms with Crippen LogP contribution in [0.5, 0.6) is 0 Å². The summed E-state index contributed by atoms with van der Waals surface area (Å²) in [5.41, 5.74) is 1.31. The van der Waals surface area contributed by atoms with E-state index in [2.05, 4.69) is 30.3 Å². The molecule has 1 aliphatic heterocycles. The number of rotatable bonds is 7. The number of aliphatic carboxylic acids is 1. The molecule has 1 fully saturated rings. The van der Waals surface area contributed by atoms with Crippen LogP contribution in [0, 0.1) is 5.82 Å². The second-order valence-corrected chi connectivity index (χ2v) is 12.0. The van der Waals surface area contributed by atoms with E-state index >= 15 is 4.39 Å². The molecule has 2 aromatic carbocycles. The van der Waals surface area contributed by atoms with E-state index in [0.717, 1.165) is 18.7 Å². The average Bonchev–Trinajstić information content (AvgIpc) is 3.45. The van der Waals surface area contributed by atoms with E-state index in [9.17, 15) is 14.7 Å². The van der Waals surface area contributed by atoms with Crippen LogP contribution in [0.15, 0.2) is 47.2 Å². The van der Waals surface area contributed by atoms with Gasteiger partial charge in [0.1, 0.15) is 23.6 Å². The quantitative estimate of drug-likeness (QED) is 0.264. The Bertz CT molecular complexity index is 1620. The molecule has 0 spiro atoms. The molecule has 12 heteroatoms. The number of fused-ring (bicyclic) bond motifs is 1. The van der Waals surface area contributed by atoms with Gasteiger partial charge in [0.25, 0.3) is 0 Å². The van der Waals surface area contributed by atoms with Crippen molar-refractivity contribution in [1.82, 2.24) is 25.4 Å². The number of nitrogens with zero attached hydrogens (tertiary/aromatic N) is 5. The minimum absolute atomic E-state index is 0.168. The summed E-state index contributed by atoms with van der Waals surface area (Å²) in [6, 6.07) is 8.04. The number of nitrogens with one attached hydrogen (secondary N) is 1. The van der Waals surface area contributed by atoms with Crippen molar-refractivity contribution in [2.24, 2.45) is 0 Å². The first-order valence-electron chi connectivity index (χ1n) is 14.2. The van der Waals surface area contributed by atoms with Crippen LogP contribution >= 0.6 is 0 Å². The van der Waals surface area contributed by atoms with Crippen LogP contribution in [0.25, 0.3) is 22.0 Å². The topological polar surface area (TPSA) is 144 Å². The smallest absolute Gasteiger partial charge is 0.408 e. The van der Waals surface area contributed by atoms with Crippen LogP contribution in [0.3, 0.4) is 0 Å². The molecular formula is C31H35FN6O5. The first-order chi connectivity index (χ1) is 20.4.